The molecular weight excluding hydrogens is 365 g/mol. The Morgan fingerprint density at radius 1 is 0.885 bits per heavy atom. The first-order chi connectivity index (χ1) is 12.7. The Morgan fingerprint density at radius 2 is 1.65 bits per heavy atom. The second-order valence-corrected chi connectivity index (χ2v) is 8.12. The molecule has 0 saturated heterocycles. The van der Waals surface area contributed by atoms with Crippen molar-refractivity contribution in [3.63, 3.8) is 0 Å². The number of rotatable bonds is 4. The molecule has 0 radical (unpaired) electrons. The molecule has 130 valence electrons. The first-order valence-corrected chi connectivity index (χ1v) is 9.68. The van der Waals surface area contributed by atoms with E-state index >= 15 is 0 Å². The standard InChI is InChI=1S/C21H17Cl2N3/c22-16-8-6-15(7-9-16)21(10-11-21)20-24-18(13-4-5-13)19(25-26-20)14-2-1-3-17(23)12-14/h1-3,6-9,12-13H,4-5,10-11H2. The first kappa shape index (κ1) is 16.2. The Bertz CT molecular complexity index is 977. The van der Waals surface area contributed by atoms with Crippen LogP contribution < -0.4 is 0 Å². The summed E-state index contributed by atoms with van der Waals surface area (Å²) in [6.07, 6.45) is 4.44. The van der Waals surface area contributed by atoms with E-state index in [0.29, 0.717) is 10.9 Å². The van der Waals surface area contributed by atoms with Gasteiger partial charge in [0.1, 0.15) is 5.69 Å². The molecule has 2 aliphatic rings. The molecule has 2 fully saturated rings. The number of halogens is 2. The molecule has 0 atom stereocenters. The Morgan fingerprint density at radius 3 is 2.31 bits per heavy atom. The maximum atomic E-state index is 6.17. The number of benzene rings is 2. The van der Waals surface area contributed by atoms with Crippen molar-refractivity contribution >= 4 is 23.2 Å². The Labute approximate surface area is 162 Å². The van der Waals surface area contributed by atoms with E-state index in [9.17, 15) is 0 Å². The maximum absolute atomic E-state index is 6.17. The van der Waals surface area contributed by atoms with Crippen LogP contribution in [0.4, 0.5) is 0 Å². The van der Waals surface area contributed by atoms with Gasteiger partial charge in [0.2, 0.25) is 0 Å². The Hall–Kier alpha value is -1.97. The summed E-state index contributed by atoms with van der Waals surface area (Å²) in [6.45, 7) is 0. The minimum atomic E-state index is -0.103. The van der Waals surface area contributed by atoms with Gasteiger partial charge in [-0.05, 0) is 55.5 Å². The van der Waals surface area contributed by atoms with Crippen LogP contribution in [0.3, 0.4) is 0 Å². The van der Waals surface area contributed by atoms with Gasteiger partial charge in [0.05, 0.1) is 11.1 Å². The molecule has 1 aromatic heterocycles. The molecule has 0 unspecified atom stereocenters. The predicted octanol–water partition coefficient (Wildman–Crippen LogP) is 5.80. The summed E-state index contributed by atoms with van der Waals surface area (Å²) in [5, 5.41) is 10.6. The van der Waals surface area contributed by atoms with Crippen LogP contribution in [0.1, 0.15) is 48.7 Å². The molecule has 3 nitrogen and oxygen atoms in total. The van der Waals surface area contributed by atoms with Crippen LogP contribution in [-0.2, 0) is 5.41 Å². The summed E-state index contributed by atoms with van der Waals surface area (Å²) in [5.41, 5.74) is 4.04. The van der Waals surface area contributed by atoms with Crippen LogP contribution in [0.15, 0.2) is 48.5 Å². The first-order valence-electron chi connectivity index (χ1n) is 8.93. The van der Waals surface area contributed by atoms with Crippen molar-refractivity contribution in [1.29, 1.82) is 0 Å². The van der Waals surface area contributed by atoms with E-state index in [-0.39, 0.29) is 5.41 Å². The lowest BCUT2D eigenvalue weighted by Gasteiger charge is -2.16. The second-order valence-electron chi connectivity index (χ2n) is 7.24. The van der Waals surface area contributed by atoms with Crippen LogP contribution in [0.5, 0.6) is 0 Å². The molecule has 2 aliphatic carbocycles. The molecule has 0 amide bonds. The molecule has 2 saturated carbocycles. The highest BCUT2D eigenvalue weighted by molar-refractivity contribution is 6.31. The van der Waals surface area contributed by atoms with E-state index < -0.39 is 0 Å². The number of nitrogens with zero attached hydrogens (tertiary/aromatic N) is 3. The van der Waals surface area contributed by atoms with Crippen molar-refractivity contribution in [2.75, 3.05) is 0 Å². The molecule has 5 heteroatoms. The molecule has 1 heterocycles. The predicted molar refractivity (Wildman–Crippen MR) is 104 cm³/mol. The van der Waals surface area contributed by atoms with Crippen molar-refractivity contribution in [2.24, 2.45) is 0 Å². The number of aromatic nitrogens is 3. The normalized spacial score (nSPS) is 17.9. The van der Waals surface area contributed by atoms with Crippen molar-refractivity contribution in [1.82, 2.24) is 15.2 Å². The van der Waals surface area contributed by atoms with E-state index in [0.717, 1.165) is 40.6 Å². The molecule has 0 N–H and O–H groups in total. The van der Waals surface area contributed by atoms with Crippen LogP contribution in [-0.4, -0.2) is 15.2 Å². The van der Waals surface area contributed by atoms with Gasteiger partial charge in [0.15, 0.2) is 5.82 Å². The van der Waals surface area contributed by atoms with Crippen molar-refractivity contribution in [3.8, 4) is 11.3 Å². The highest BCUT2D eigenvalue weighted by Crippen LogP contribution is 2.53. The quantitative estimate of drug-likeness (QED) is 0.572. The van der Waals surface area contributed by atoms with Gasteiger partial charge in [-0.2, -0.15) is 0 Å². The van der Waals surface area contributed by atoms with Crippen molar-refractivity contribution in [3.05, 3.63) is 75.7 Å². The number of hydrogen-bond acceptors (Lipinski definition) is 3. The lowest BCUT2D eigenvalue weighted by atomic mass is 9.95. The fraction of sp³-hybridized carbons (Fsp3) is 0.286. The van der Waals surface area contributed by atoms with E-state index in [4.69, 9.17) is 28.2 Å². The fourth-order valence-electron chi connectivity index (χ4n) is 3.56. The molecule has 26 heavy (non-hydrogen) atoms. The van der Waals surface area contributed by atoms with Gasteiger partial charge in [-0.3, -0.25) is 0 Å². The summed E-state index contributed by atoms with van der Waals surface area (Å²) in [5.74, 6) is 1.33. The summed E-state index contributed by atoms with van der Waals surface area (Å²) < 4.78 is 0. The third kappa shape index (κ3) is 2.80. The third-order valence-electron chi connectivity index (χ3n) is 5.35. The maximum Gasteiger partial charge on any atom is 0.161 e. The van der Waals surface area contributed by atoms with Gasteiger partial charge >= 0.3 is 0 Å². The fourth-order valence-corrected chi connectivity index (χ4v) is 3.88. The lowest BCUT2D eigenvalue weighted by Crippen LogP contribution is -2.16. The average Bonchev–Trinajstić information content (AvgIpc) is 3.56. The van der Waals surface area contributed by atoms with Crippen molar-refractivity contribution in [2.45, 2.75) is 37.0 Å². The molecule has 2 aromatic carbocycles. The van der Waals surface area contributed by atoms with Gasteiger partial charge in [-0.1, -0.05) is 47.5 Å². The van der Waals surface area contributed by atoms with Gasteiger partial charge in [0, 0.05) is 21.5 Å². The van der Waals surface area contributed by atoms with Gasteiger partial charge in [-0.15, -0.1) is 10.2 Å². The molecule has 0 bridgehead atoms. The average molecular weight is 382 g/mol. The smallest absolute Gasteiger partial charge is 0.161 e. The highest BCUT2D eigenvalue weighted by Gasteiger charge is 2.49. The summed E-state index contributed by atoms with van der Waals surface area (Å²) in [7, 11) is 0. The minimum Gasteiger partial charge on any atom is -0.232 e. The van der Waals surface area contributed by atoms with Crippen LogP contribution >= 0.6 is 23.2 Å². The molecule has 0 aliphatic heterocycles. The minimum absolute atomic E-state index is 0.103. The van der Waals surface area contributed by atoms with E-state index in [1.54, 1.807) is 0 Å². The van der Waals surface area contributed by atoms with Crippen LogP contribution in [0, 0.1) is 0 Å². The van der Waals surface area contributed by atoms with Gasteiger partial charge < -0.3 is 0 Å². The lowest BCUT2D eigenvalue weighted by molar-refractivity contribution is 0.703. The molecule has 0 spiro atoms. The number of hydrogen-bond donors (Lipinski definition) is 0. The summed E-state index contributed by atoms with van der Waals surface area (Å²) in [6, 6.07) is 15.8. The Kier molecular flexibility index (Phi) is 3.77. The van der Waals surface area contributed by atoms with Crippen LogP contribution in [0.2, 0.25) is 10.0 Å². The van der Waals surface area contributed by atoms with E-state index in [1.807, 2.05) is 36.4 Å². The van der Waals surface area contributed by atoms with E-state index in [2.05, 4.69) is 22.3 Å². The zero-order valence-corrected chi connectivity index (χ0v) is 15.6. The SMILES string of the molecule is Clc1ccc(C2(c3nnc(-c4cccc(Cl)c4)c(C4CC4)n3)CC2)cc1. The van der Waals surface area contributed by atoms with Gasteiger partial charge in [-0.25, -0.2) is 4.98 Å². The van der Waals surface area contributed by atoms with Gasteiger partial charge in [0.25, 0.3) is 0 Å². The monoisotopic (exact) mass is 381 g/mol. The zero-order chi connectivity index (χ0) is 17.7. The second kappa shape index (κ2) is 6.04. The highest BCUT2D eigenvalue weighted by atomic mass is 35.5. The molecule has 5 rings (SSSR count). The van der Waals surface area contributed by atoms with Crippen LogP contribution in [0.25, 0.3) is 11.3 Å². The topological polar surface area (TPSA) is 38.7 Å². The molecule has 3 aromatic rings. The Balaban J connectivity index is 1.59. The zero-order valence-electron chi connectivity index (χ0n) is 14.1. The summed E-state index contributed by atoms with van der Waals surface area (Å²) in [4.78, 5) is 5.02. The summed E-state index contributed by atoms with van der Waals surface area (Å²) >= 11 is 12.2. The van der Waals surface area contributed by atoms with Crippen molar-refractivity contribution < 1.29 is 0 Å². The largest absolute Gasteiger partial charge is 0.232 e. The molecular formula is C21H17Cl2N3. The third-order valence-corrected chi connectivity index (χ3v) is 5.84. The van der Waals surface area contributed by atoms with E-state index in [1.165, 1.54) is 18.4 Å².